The van der Waals surface area contributed by atoms with Crippen LogP contribution in [-0.4, -0.2) is 17.7 Å². The van der Waals surface area contributed by atoms with E-state index in [1.807, 2.05) is 18.2 Å². The number of nitriles is 3. The fraction of sp³-hybridized carbons (Fsp3) is 0.227. The van der Waals surface area contributed by atoms with E-state index < -0.39 is 17.9 Å². The topological polar surface area (TPSA) is 115 Å². The number of ketones is 2. The monoisotopic (exact) mass is 369 g/mol. The smallest absolute Gasteiger partial charge is 0.144 e. The molecule has 6 heteroatoms. The predicted molar refractivity (Wildman–Crippen MR) is 98.1 cm³/mol. The van der Waals surface area contributed by atoms with Crippen LogP contribution in [0.1, 0.15) is 47.6 Å². The Balaban J connectivity index is 2.29. The number of carbonyl (C=O) groups is 2. The highest BCUT2D eigenvalue weighted by atomic mass is 16.5. The third kappa shape index (κ3) is 3.00. The number of hydrogen-bond acceptors (Lipinski definition) is 6. The Hall–Kier alpha value is -3.95. The first-order valence-corrected chi connectivity index (χ1v) is 8.57. The van der Waals surface area contributed by atoms with Crippen LogP contribution in [-0.2, 0) is 9.59 Å². The van der Waals surface area contributed by atoms with Crippen molar-refractivity contribution in [3.05, 3.63) is 64.2 Å². The Morgan fingerprint density at radius 3 is 2.04 bits per heavy atom. The van der Waals surface area contributed by atoms with Crippen LogP contribution in [0.3, 0.4) is 0 Å². The third-order valence-electron chi connectivity index (χ3n) is 4.94. The number of ether oxygens (including phenoxy) is 1. The van der Waals surface area contributed by atoms with Gasteiger partial charge in [0.1, 0.15) is 41.5 Å². The van der Waals surface area contributed by atoms with Gasteiger partial charge in [0.05, 0.1) is 28.7 Å². The fourth-order valence-corrected chi connectivity index (χ4v) is 3.75. The summed E-state index contributed by atoms with van der Waals surface area (Å²) in [7, 11) is 0. The van der Waals surface area contributed by atoms with Gasteiger partial charge in [0.2, 0.25) is 0 Å². The van der Waals surface area contributed by atoms with E-state index >= 15 is 0 Å². The molecule has 0 N–H and O–H groups in total. The normalized spacial score (nSPS) is 17.0. The molecule has 0 saturated heterocycles. The summed E-state index contributed by atoms with van der Waals surface area (Å²) in [5, 5.41) is 28.3. The Labute approximate surface area is 162 Å². The molecule has 28 heavy (non-hydrogen) atoms. The Kier molecular flexibility index (Phi) is 4.94. The lowest BCUT2D eigenvalue weighted by Gasteiger charge is -2.25. The zero-order chi connectivity index (χ0) is 20.4. The second-order valence-corrected chi connectivity index (χ2v) is 6.62. The first-order valence-electron chi connectivity index (χ1n) is 8.57. The predicted octanol–water partition coefficient (Wildman–Crippen LogP) is 2.99. The van der Waals surface area contributed by atoms with Crippen LogP contribution in [0.25, 0.3) is 0 Å². The minimum absolute atomic E-state index is 0.0984. The van der Waals surface area contributed by atoms with E-state index in [1.165, 1.54) is 26.0 Å². The molecule has 1 heterocycles. The molecule has 0 saturated carbocycles. The summed E-state index contributed by atoms with van der Waals surface area (Å²) >= 11 is 0. The van der Waals surface area contributed by atoms with Crippen LogP contribution in [0.4, 0.5) is 0 Å². The van der Waals surface area contributed by atoms with E-state index in [9.17, 15) is 25.4 Å². The number of carbonyl (C=O) groups excluding carboxylic acids is 2. The van der Waals surface area contributed by atoms with Crippen molar-refractivity contribution in [1.29, 1.82) is 15.8 Å². The highest BCUT2D eigenvalue weighted by molar-refractivity contribution is 6.01. The van der Waals surface area contributed by atoms with Crippen LogP contribution in [0.15, 0.2) is 36.4 Å². The van der Waals surface area contributed by atoms with Crippen molar-refractivity contribution >= 4 is 11.6 Å². The molecule has 6 nitrogen and oxygen atoms in total. The lowest BCUT2D eigenvalue weighted by atomic mass is 9.77. The standard InChI is InChI=1S/C22H15N3O3/c1-12(26)20(13(2)27)22-21(17-5-3-4-6-19(17)28-22)18-8-15(10-24)14(9-23)7-16(18)11-25/h3-8,20-22H,1-2H3/t21-,22-/m1/s1. The van der Waals surface area contributed by atoms with Gasteiger partial charge in [-0.1, -0.05) is 18.2 Å². The van der Waals surface area contributed by atoms with Gasteiger partial charge >= 0.3 is 0 Å². The van der Waals surface area contributed by atoms with Gasteiger partial charge in [-0.3, -0.25) is 9.59 Å². The number of fused-ring (bicyclic) bond motifs is 1. The molecule has 0 aliphatic carbocycles. The van der Waals surface area contributed by atoms with Crippen molar-refractivity contribution in [2.24, 2.45) is 5.92 Å². The van der Waals surface area contributed by atoms with E-state index in [2.05, 4.69) is 6.07 Å². The molecule has 0 radical (unpaired) electrons. The number of hydrogen-bond donors (Lipinski definition) is 0. The molecule has 2 atom stereocenters. The molecule has 0 unspecified atom stereocenters. The molecule has 1 aliphatic heterocycles. The second kappa shape index (κ2) is 7.35. The molecule has 0 bridgehead atoms. The number of nitrogens with zero attached hydrogens (tertiary/aromatic N) is 3. The largest absolute Gasteiger partial charge is 0.488 e. The average molecular weight is 369 g/mol. The van der Waals surface area contributed by atoms with Gasteiger partial charge < -0.3 is 4.74 Å². The van der Waals surface area contributed by atoms with E-state index in [0.29, 0.717) is 11.3 Å². The van der Waals surface area contributed by atoms with Crippen LogP contribution in [0, 0.1) is 39.9 Å². The van der Waals surface area contributed by atoms with E-state index in [-0.39, 0.29) is 28.3 Å². The van der Waals surface area contributed by atoms with Crippen LogP contribution in [0.2, 0.25) is 0 Å². The van der Waals surface area contributed by atoms with Gasteiger partial charge in [-0.15, -0.1) is 0 Å². The van der Waals surface area contributed by atoms with Crippen LogP contribution < -0.4 is 4.74 Å². The molecular weight excluding hydrogens is 354 g/mol. The molecule has 3 rings (SSSR count). The quantitative estimate of drug-likeness (QED) is 0.765. The van der Waals surface area contributed by atoms with Gasteiger partial charge in [0.25, 0.3) is 0 Å². The zero-order valence-electron chi connectivity index (χ0n) is 15.3. The van der Waals surface area contributed by atoms with Gasteiger partial charge in [-0.2, -0.15) is 15.8 Å². The minimum Gasteiger partial charge on any atom is -0.488 e. The summed E-state index contributed by atoms with van der Waals surface area (Å²) in [5.74, 6) is -1.74. The molecule has 0 aromatic heterocycles. The van der Waals surface area contributed by atoms with Crippen molar-refractivity contribution in [3.8, 4) is 24.0 Å². The molecule has 2 aromatic rings. The summed E-state index contributed by atoms with van der Waals surface area (Å²) in [4.78, 5) is 24.4. The maximum absolute atomic E-state index is 12.2. The van der Waals surface area contributed by atoms with Crippen molar-refractivity contribution in [2.75, 3.05) is 0 Å². The van der Waals surface area contributed by atoms with Gasteiger partial charge in [0.15, 0.2) is 0 Å². The van der Waals surface area contributed by atoms with Crippen LogP contribution >= 0.6 is 0 Å². The first-order chi connectivity index (χ1) is 13.4. The zero-order valence-corrected chi connectivity index (χ0v) is 15.3. The number of Topliss-reactive ketones (excluding diaryl/α,β-unsaturated/α-hetero) is 2. The van der Waals surface area contributed by atoms with Crippen molar-refractivity contribution in [1.82, 2.24) is 0 Å². The van der Waals surface area contributed by atoms with Gasteiger partial charge in [-0.05, 0) is 37.6 Å². The van der Waals surface area contributed by atoms with Crippen molar-refractivity contribution in [2.45, 2.75) is 25.9 Å². The minimum atomic E-state index is -1.01. The second-order valence-electron chi connectivity index (χ2n) is 6.62. The Morgan fingerprint density at radius 1 is 0.893 bits per heavy atom. The van der Waals surface area contributed by atoms with E-state index in [1.54, 1.807) is 18.2 Å². The SMILES string of the molecule is CC(=O)C(C(C)=O)[C@H]1Oc2ccccc2[C@@H]1c1cc(C#N)c(C#N)cc1C#N. The van der Waals surface area contributed by atoms with Crippen molar-refractivity contribution in [3.63, 3.8) is 0 Å². The summed E-state index contributed by atoms with van der Waals surface area (Å²) in [5.41, 5.74) is 1.62. The highest BCUT2D eigenvalue weighted by Crippen LogP contribution is 2.46. The van der Waals surface area contributed by atoms with E-state index in [4.69, 9.17) is 4.74 Å². The number of para-hydroxylation sites is 1. The van der Waals surface area contributed by atoms with Gasteiger partial charge in [-0.25, -0.2) is 0 Å². The van der Waals surface area contributed by atoms with Gasteiger partial charge in [0, 0.05) is 5.56 Å². The molecule has 2 aromatic carbocycles. The Morgan fingerprint density at radius 2 is 1.46 bits per heavy atom. The number of rotatable bonds is 4. The summed E-state index contributed by atoms with van der Waals surface area (Å²) in [6, 6.07) is 15.9. The number of benzene rings is 2. The highest BCUT2D eigenvalue weighted by Gasteiger charge is 2.45. The molecular formula is C22H15N3O3. The third-order valence-corrected chi connectivity index (χ3v) is 4.94. The first kappa shape index (κ1) is 18.8. The molecule has 136 valence electrons. The Bertz CT molecular complexity index is 1100. The maximum atomic E-state index is 12.2. The lowest BCUT2D eigenvalue weighted by Crippen LogP contribution is -2.38. The molecule has 0 spiro atoms. The summed E-state index contributed by atoms with van der Waals surface area (Å²) in [6.45, 7) is 2.67. The average Bonchev–Trinajstić information content (AvgIpc) is 3.04. The fourth-order valence-electron chi connectivity index (χ4n) is 3.75. The summed E-state index contributed by atoms with van der Waals surface area (Å²) < 4.78 is 5.99. The molecule has 1 aliphatic rings. The summed E-state index contributed by atoms with van der Waals surface area (Å²) in [6.07, 6.45) is -0.834. The van der Waals surface area contributed by atoms with Crippen LogP contribution in [0.5, 0.6) is 5.75 Å². The molecule has 0 amide bonds. The maximum Gasteiger partial charge on any atom is 0.144 e. The molecule has 0 fully saturated rings. The van der Waals surface area contributed by atoms with Crippen molar-refractivity contribution < 1.29 is 14.3 Å². The lowest BCUT2D eigenvalue weighted by molar-refractivity contribution is -0.134. The van der Waals surface area contributed by atoms with E-state index in [0.717, 1.165) is 5.56 Å².